The molecule has 0 atom stereocenters. The molecule has 0 bridgehead atoms. The molecule has 150 valence electrons. The Morgan fingerprint density at radius 3 is 1.97 bits per heavy atom. The lowest BCUT2D eigenvalue weighted by molar-refractivity contribution is -0.139. The van der Waals surface area contributed by atoms with Crippen molar-refractivity contribution in [3.05, 3.63) is 83.6 Å². The largest absolute Gasteiger partial charge is 0.468 e. The zero-order valence-corrected chi connectivity index (χ0v) is 16.2. The molecule has 0 aliphatic carbocycles. The first-order chi connectivity index (χ1) is 14.1. The van der Waals surface area contributed by atoms with Gasteiger partial charge in [-0.25, -0.2) is 9.59 Å². The number of carbonyl (C=O) groups is 3. The van der Waals surface area contributed by atoms with Crippen LogP contribution in [0, 0.1) is 0 Å². The van der Waals surface area contributed by atoms with Crippen molar-refractivity contribution in [2.75, 3.05) is 13.2 Å². The molecular weight excluding hydrogens is 374 g/mol. The maximum absolute atomic E-state index is 13.0. The minimum absolute atomic E-state index is 0.108. The second-order valence-corrected chi connectivity index (χ2v) is 6.14. The van der Waals surface area contributed by atoms with Crippen LogP contribution in [0.4, 0.5) is 0 Å². The van der Waals surface area contributed by atoms with Crippen molar-refractivity contribution in [1.29, 1.82) is 0 Å². The van der Waals surface area contributed by atoms with Crippen molar-refractivity contribution >= 4 is 17.8 Å². The molecule has 0 radical (unpaired) electrons. The van der Waals surface area contributed by atoms with Gasteiger partial charge in [-0.1, -0.05) is 18.2 Å². The smallest absolute Gasteiger partial charge is 0.336 e. The van der Waals surface area contributed by atoms with Gasteiger partial charge in [-0.3, -0.25) is 9.69 Å². The SMILES string of the molecule is CCOC(=O)C1=CN(C(=O)c2ccccc2)C=C(C(=O)OCC)C1c1ccco1. The van der Waals surface area contributed by atoms with Gasteiger partial charge in [0.25, 0.3) is 5.91 Å². The second kappa shape index (κ2) is 9.05. The highest BCUT2D eigenvalue weighted by Gasteiger charge is 2.38. The first kappa shape index (κ1) is 20.1. The third-order valence-electron chi connectivity index (χ3n) is 4.28. The van der Waals surface area contributed by atoms with Crippen LogP contribution in [0.2, 0.25) is 0 Å². The number of hydrogen-bond acceptors (Lipinski definition) is 6. The fraction of sp³-hybridized carbons (Fsp3) is 0.227. The molecule has 0 N–H and O–H groups in total. The quantitative estimate of drug-likeness (QED) is 0.697. The fourth-order valence-electron chi connectivity index (χ4n) is 3.03. The highest BCUT2D eigenvalue weighted by molar-refractivity contribution is 6.02. The first-order valence-corrected chi connectivity index (χ1v) is 9.25. The summed E-state index contributed by atoms with van der Waals surface area (Å²) in [6, 6.07) is 11.9. The van der Waals surface area contributed by atoms with Gasteiger partial charge in [0.1, 0.15) is 5.76 Å². The van der Waals surface area contributed by atoms with Gasteiger partial charge in [0.2, 0.25) is 0 Å². The molecule has 0 saturated carbocycles. The van der Waals surface area contributed by atoms with Crippen LogP contribution >= 0.6 is 0 Å². The first-order valence-electron chi connectivity index (χ1n) is 9.25. The summed E-state index contributed by atoms with van der Waals surface area (Å²) in [5, 5.41) is 0. The summed E-state index contributed by atoms with van der Waals surface area (Å²) in [7, 11) is 0. The summed E-state index contributed by atoms with van der Waals surface area (Å²) in [5.41, 5.74) is 0.621. The molecule has 0 fully saturated rings. The fourth-order valence-corrected chi connectivity index (χ4v) is 3.03. The van der Waals surface area contributed by atoms with E-state index in [0.717, 1.165) is 0 Å². The Labute approximate surface area is 168 Å². The highest BCUT2D eigenvalue weighted by atomic mass is 16.5. The molecule has 3 rings (SSSR count). The van der Waals surface area contributed by atoms with Crippen molar-refractivity contribution in [1.82, 2.24) is 4.90 Å². The van der Waals surface area contributed by atoms with Crippen molar-refractivity contribution in [3.8, 4) is 0 Å². The van der Waals surface area contributed by atoms with Gasteiger partial charge in [0.15, 0.2) is 0 Å². The van der Waals surface area contributed by atoms with Crippen LogP contribution in [0.1, 0.15) is 35.9 Å². The predicted octanol–water partition coefficient (Wildman–Crippen LogP) is 3.41. The van der Waals surface area contributed by atoms with Crippen LogP contribution in [0.3, 0.4) is 0 Å². The van der Waals surface area contributed by atoms with E-state index in [4.69, 9.17) is 13.9 Å². The summed E-state index contributed by atoms with van der Waals surface area (Å²) in [4.78, 5) is 39.5. The zero-order valence-electron chi connectivity index (χ0n) is 16.2. The van der Waals surface area contributed by atoms with Gasteiger partial charge in [-0.2, -0.15) is 0 Å². The number of benzene rings is 1. The molecule has 0 spiro atoms. The van der Waals surface area contributed by atoms with E-state index >= 15 is 0 Å². The van der Waals surface area contributed by atoms with Gasteiger partial charge in [-0.05, 0) is 38.1 Å². The predicted molar refractivity (Wildman–Crippen MR) is 103 cm³/mol. The van der Waals surface area contributed by atoms with Crippen LogP contribution in [0.25, 0.3) is 0 Å². The molecule has 2 heterocycles. The standard InChI is InChI=1S/C22H21NO6/c1-3-27-21(25)16-13-23(20(24)15-9-6-5-7-10-15)14-17(22(26)28-4-2)19(16)18-11-8-12-29-18/h5-14,19H,3-4H2,1-2H3. The zero-order chi connectivity index (χ0) is 20.8. The lowest BCUT2D eigenvalue weighted by atomic mass is 9.87. The molecule has 7 heteroatoms. The van der Waals surface area contributed by atoms with E-state index in [1.165, 1.54) is 23.6 Å². The summed E-state index contributed by atoms with van der Waals surface area (Å²) < 4.78 is 15.8. The van der Waals surface area contributed by atoms with E-state index in [9.17, 15) is 14.4 Å². The third-order valence-corrected chi connectivity index (χ3v) is 4.28. The average molecular weight is 395 g/mol. The average Bonchev–Trinajstić information content (AvgIpc) is 3.27. The van der Waals surface area contributed by atoms with E-state index in [1.54, 1.807) is 56.3 Å². The van der Waals surface area contributed by atoms with Gasteiger partial charge < -0.3 is 13.9 Å². The number of furan rings is 1. The minimum Gasteiger partial charge on any atom is -0.468 e. The Morgan fingerprint density at radius 2 is 1.48 bits per heavy atom. The Kier molecular flexibility index (Phi) is 6.29. The van der Waals surface area contributed by atoms with Crippen LogP contribution in [0.5, 0.6) is 0 Å². The molecule has 1 aromatic heterocycles. The third kappa shape index (κ3) is 4.29. The molecule has 1 amide bonds. The number of carbonyl (C=O) groups excluding carboxylic acids is 3. The van der Waals surface area contributed by atoms with Crippen molar-refractivity contribution < 1.29 is 28.3 Å². The molecular formula is C22H21NO6. The maximum atomic E-state index is 13.0. The monoisotopic (exact) mass is 395 g/mol. The maximum Gasteiger partial charge on any atom is 0.336 e. The summed E-state index contributed by atoms with van der Waals surface area (Å²) in [5.74, 6) is -2.16. The molecule has 0 unspecified atom stereocenters. The van der Waals surface area contributed by atoms with Crippen LogP contribution in [-0.2, 0) is 19.1 Å². The Bertz CT molecular complexity index is 907. The number of hydrogen-bond donors (Lipinski definition) is 0. The van der Waals surface area contributed by atoms with E-state index in [2.05, 4.69) is 0 Å². The molecule has 1 aliphatic rings. The molecule has 29 heavy (non-hydrogen) atoms. The Hall–Kier alpha value is -3.61. The van der Waals surface area contributed by atoms with E-state index in [0.29, 0.717) is 11.3 Å². The van der Waals surface area contributed by atoms with Crippen LogP contribution < -0.4 is 0 Å². The highest BCUT2D eigenvalue weighted by Crippen LogP contribution is 2.37. The summed E-state index contributed by atoms with van der Waals surface area (Å²) in [6.45, 7) is 3.65. The van der Waals surface area contributed by atoms with Crippen molar-refractivity contribution in [3.63, 3.8) is 0 Å². The molecule has 2 aromatic rings. The molecule has 1 aromatic carbocycles. The van der Waals surface area contributed by atoms with Crippen LogP contribution in [0.15, 0.2) is 76.7 Å². The molecule has 7 nitrogen and oxygen atoms in total. The van der Waals surface area contributed by atoms with Crippen molar-refractivity contribution in [2.24, 2.45) is 0 Å². The minimum atomic E-state index is -0.845. The van der Waals surface area contributed by atoms with E-state index in [1.807, 2.05) is 0 Å². The van der Waals surface area contributed by atoms with Gasteiger partial charge in [0.05, 0.1) is 36.5 Å². The number of nitrogens with zero attached hydrogens (tertiary/aromatic N) is 1. The van der Waals surface area contributed by atoms with Crippen molar-refractivity contribution in [2.45, 2.75) is 19.8 Å². The number of ether oxygens (including phenoxy) is 2. The van der Waals surface area contributed by atoms with Gasteiger partial charge in [0, 0.05) is 18.0 Å². The molecule has 0 saturated heterocycles. The van der Waals surface area contributed by atoms with E-state index < -0.39 is 23.8 Å². The number of amides is 1. The molecule has 1 aliphatic heterocycles. The van der Waals surface area contributed by atoms with Crippen LogP contribution in [-0.4, -0.2) is 36.0 Å². The Balaban J connectivity index is 2.10. The van der Waals surface area contributed by atoms with E-state index in [-0.39, 0.29) is 24.4 Å². The van der Waals surface area contributed by atoms with Gasteiger partial charge >= 0.3 is 11.9 Å². The summed E-state index contributed by atoms with van der Waals surface area (Å²) >= 11 is 0. The normalized spacial score (nSPS) is 14.1. The number of rotatable bonds is 6. The Morgan fingerprint density at radius 1 is 0.897 bits per heavy atom. The second-order valence-electron chi connectivity index (χ2n) is 6.14. The lowest BCUT2D eigenvalue weighted by Crippen LogP contribution is -2.32. The van der Waals surface area contributed by atoms with Gasteiger partial charge in [-0.15, -0.1) is 0 Å². The number of esters is 2. The lowest BCUT2D eigenvalue weighted by Gasteiger charge is -2.28. The topological polar surface area (TPSA) is 86.0 Å². The summed E-state index contributed by atoms with van der Waals surface area (Å²) in [6.07, 6.45) is 4.20.